The Hall–Kier alpha value is -1.56. The zero-order chi connectivity index (χ0) is 14.7. The van der Waals surface area contributed by atoms with Crippen LogP contribution in [-0.4, -0.2) is 23.2 Å². The molecule has 1 heterocycles. The molecule has 0 atom stereocenters. The maximum atomic E-state index is 12.0. The molecule has 1 amide bonds. The molecular weight excluding hydrogens is 323 g/mol. The van der Waals surface area contributed by atoms with Gasteiger partial charge >= 0.3 is 0 Å². The molecule has 0 aliphatic rings. The predicted molar refractivity (Wildman–Crippen MR) is 81.0 cm³/mol. The lowest BCUT2D eigenvalue weighted by atomic mass is 10.3. The summed E-state index contributed by atoms with van der Waals surface area (Å²) in [7, 11) is 1.71. The number of nitrogens with zero attached hydrogens (tertiary/aromatic N) is 2. The average Bonchev–Trinajstić information content (AvgIpc) is 2.44. The van der Waals surface area contributed by atoms with Gasteiger partial charge in [-0.15, -0.1) is 10.2 Å². The highest BCUT2D eigenvalue weighted by molar-refractivity contribution is 6.44. The van der Waals surface area contributed by atoms with Crippen molar-refractivity contribution in [1.82, 2.24) is 10.2 Å². The fraction of sp³-hybridized carbons (Fsp3) is 0.0833. The van der Waals surface area contributed by atoms with Gasteiger partial charge in [-0.25, -0.2) is 0 Å². The molecule has 20 heavy (non-hydrogen) atoms. The molecule has 0 saturated heterocycles. The van der Waals surface area contributed by atoms with Gasteiger partial charge in [-0.1, -0.05) is 34.8 Å². The highest BCUT2D eigenvalue weighted by Crippen LogP contribution is 2.32. The van der Waals surface area contributed by atoms with E-state index in [1.54, 1.807) is 19.2 Å². The highest BCUT2D eigenvalue weighted by Gasteiger charge is 2.12. The summed E-state index contributed by atoms with van der Waals surface area (Å²) in [5, 5.41) is 13.9. The Balaban J connectivity index is 2.20. The van der Waals surface area contributed by atoms with E-state index in [0.29, 0.717) is 21.6 Å². The molecule has 0 unspecified atom stereocenters. The first-order valence-corrected chi connectivity index (χ1v) is 6.62. The number of carbonyl (C=O) groups is 1. The van der Waals surface area contributed by atoms with Gasteiger partial charge in [-0.2, -0.15) is 0 Å². The normalized spacial score (nSPS) is 10.2. The van der Waals surface area contributed by atoms with Crippen molar-refractivity contribution in [2.75, 3.05) is 17.7 Å². The fourth-order valence-corrected chi connectivity index (χ4v) is 1.99. The number of rotatable bonds is 3. The molecule has 2 rings (SSSR count). The summed E-state index contributed by atoms with van der Waals surface area (Å²) in [6, 6.07) is 6.11. The van der Waals surface area contributed by atoms with Gasteiger partial charge < -0.3 is 10.6 Å². The maximum Gasteiger partial charge on any atom is 0.276 e. The largest absolute Gasteiger partial charge is 0.372 e. The summed E-state index contributed by atoms with van der Waals surface area (Å²) >= 11 is 17.7. The smallest absolute Gasteiger partial charge is 0.276 e. The minimum Gasteiger partial charge on any atom is -0.372 e. The number of carbonyl (C=O) groups excluding carboxylic acids is 1. The van der Waals surface area contributed by atoms with Gasteiger partial charge in [0, 0.05) is 7.05 Å². The van der Waals surface area contributed by atoms with Gasteiger partial charge in [-0.3, -0.25) is 4.79 Å². The molecule has 5 nitrogen and oxygen atoms in total. The van der Waals surface area contributed by atoms with E-state index in [-0.39, 0.29) is 10.7 Å². The first kappa shape index (κ1) is 14.8. The van der Waals surface area contributed by atoms with E-state index in [2.05, 4.69) is 20.8 Å². The van der Waals surface area contributed by atoms with Crippen molar-refractivity contribution in [3.8, 4) is 0 Å². The first-order valence-electron chi connectivity index (χ1n) is 5.48. The number of aromatic nitrogens is 2. The van der Waals surface area contributed by atoms with Gasteiger partial charge in [-0.05, 0) is 24.3 Å². The number of nitrogens with one attached hydrogen (secondary N) is 2. The Labute approximate surface area is 130 Å². The van der Waals surface area contributed by atoms with Crippen LogP contribution < -0.4 is 10.6 Å². The summed E-state index contributed by atoms with van der Waals surface area (Å²) in [5.41, 5.74) is 0.511. The van der Waals surface area contributed by atoms with Crippen molar-refractivity contribution < 1.29 is 4.79 Å². The molecule has 0 fully saturated rings. The van der Waals surface area contributed by atoms with Gasteiger partial charge in [0.25, 0.3) is 5.91 Å². The Morgan fingerprint density at radius 1 is 1.05 bits per heavy atom. The SMILES string of the molecule is CNc1ccc(C(=O)Nc2cc(Cl)c(Cl)cc2Cl)nn1. The van der Waals surface area contributed by atoms with Crippen molar-refractivity contribution in [1.29, 1.82) is 0 Å². The molecule has 0 aliphatic carbocycles. The van der Waals surface area contributed by atoms with Crippen molar-refractivity contribution in [3.05, 3.63) is 45.0 Å². The van der Waals surface area contributed by atoms with Crippen molar-refractivity contribution in [3.63, 3.8) is 0 Å². The summed E-state index contributed by atoms with van der Waals surface area (Å²) < 4.78 is 0. The van der Waals surface area contributed by atoms with Gasteiger partial charge in [0.2, 0.25) is 0 Å². The Morgan fingerprint density at radius 2 is 1.75 bits per heavy atom. The summed E-state index contributed by atoms with van der Waals surface area (Å²) in [6.45, 7) is 0. The zero-order valence-electron chi connectivity index (χ0n) is 10.2. The quantitative estimate of drug-likeness (QED) is 0.841. The maximum absolute atomic E-state index is 12.0. The second-order valence-corrected chi connectivity index (χ2v) is 4.98. The third-order valence-electron chi connectivity index (χ3n) is 2.41. The summed E-state index contributed by atoms with van der Waals surface area (Å²) in [6.07, 6.45) is 0. The molecule has 1 aromatic carbocycles. The van der Waals surface area contributed by atoms with E-state index in [1.807, 2.05) is 0 Å². The van der Waals surface area contributed by atoms with E-state index in [9.17, 15) is 4.79 Å². The number of benzene rings is 1. The van der Waals surface area contributed by atoms with Gasteiger partial charge in [0.1, 0.15) is 5.82 Å². The van der Waals surface area contributed by atoms with Crippen molar-refractivity contribution >= 4 is 52.2 Å². The van der Waals surface area contributed by atoms with Crippen LogP contribution in [0.4, 0.5) is 11.5 Å². The first-order chi connectivity index (χ1) is 9.51. The minimum absolute atomic E-state index is 0.158. The van der Waals surface area contributed by atoms with Crippen LogP contribution in [0.2, 0.25) is 15.1 Å². The van der Waals surface area contributed by atoms with Crippen LogP contribution in [0.3, 0.4) is 0 Å². The van der Waals surface area contributed by atoms with Crippen LogP contribution >= 0.6 is 34.8 Å². The minimum atomic E-state index is -0.444. The van der Waals surface area contributed by atoms with Crippen LogP contribution in [0.5, 0.6) is 0 Å². The molecule has 2 N–H and O–H groups in total. The molecular formula is C12H9Cl3N4O. The second kappa shape index (κ2) is 6.26. The van der Waals surface area contributed by atoms with E-state index in [0.717, 1.165) is 0 Å². The number of anilines is 2. The van der Waals surface area contributed by atoms with Crippen molar-refractivity contribution in [2.45, 2.75) is 0 Å². The molecule has 2 aromatic rings. The standard InChI is InChI=1S/C12H9Cl3N4O/c1-16-11-3-2-9(18-19-11)12(20)17-10-5-7(14)6(13)4-8(10)15/h2-5H,1H3,(H,16,19)(H,17,20). The molecule has 0 aliphatic heterocycles. The lowest BCUT2D eigenvalue weighted by Gasteiger charge is -2.08. The molecule has 104 valence electrons. The monoisotopic (exact) mass is 330 g/mol. The van der Waals surface area contributed by atoms with E-state index in [1.165, 1.54) is 12.1 Å². The lowest BCUT2D eigenvalue weighted by Crippen LogP contribution is -2.15. The third-order valence-corrected chi connectivity index (χ3v) is 3.45. The van der Waals surface area contributed by atoms with E-state index < -0.39 is 5.91 Å². The molecule has 0 radical (unpaired) electrons. The highest BCUT2D eigenvalue weighted by atomic mass is 35.5. The van der Waals surface area contributed by atoms with Crippen LogP contribution in [0.25, 0.3) is 0 Å². The zero-order valence-corrected chi connectivity index (χ0v) is 12.5. The van der Waals surface area contributed by atoms with Gasteiger partial charge in [0.15, 0.2) is 5.69 Å². The third kappa shape index (κ3) is 3.30. The van der Waals surface area contributed by atoms with Crippen molar-refractivity contribution in [2.24, 2.45) is 0 Å². The number of hydrogen-bond donors (Lipinski definition) is 2. The number of amides is 1. The lowest BCUT2D eigenvalue weighted by molar-refractivity contribution is 0.102. The van der Waals surface area contributed by atoms with Crippen LogP contribution in [-0.2, 0) is 0 Å². The second-order valence-electron chi connectivity index (χ2n) is 3.75. The summed E-state index contributed by atoms with van der Waals surface area (Å²) in [5.74, 6) is 0.120. The Kier molecular flexibility index (Phi) is 4.65. The number of hydrogen-bond acceptors (Lipinski definition) is 4. The molecule has 0 saturated carbocycles. The van der Waals surface area contributed by atoms with Crippen LogP contribution in [0.1, 0.15) is 10.5 Å². The Bertz CT molecular complexity index is 646. The number of halogens is 3. The molecule has 0 spiro atoms. The topological polar surface area (TPSA) is 66.9 Å². The van der Waals surface area contributed by atoms with Crippen LogP contribution in [0.15, 0.2) is 24.3 Å². The summed E-state index contributed by atoms with van der Waals surface area (Å²) in [4.78, 5) is 12.0. The predicted octanol–water partition coefficient (Wildman–Crippen LogP) is 3.73. The fourth-order valence-electron chi connectivity index (χ4n) is 1.39. The molecule has 0 bridgehead atoms. The Morgan fingerprint density at radius 3 is 2.35 bits per heavy atom. The van der Waals surface area contributed by atoms with E-state index >= 15 is 0 Å². The molecule has 1 aromatic heterocycles. The average molecular weight is 332 g/mol. The van der Waals surface area contributed by atoms with E-state index in [4.69, 9.17) is 34.8 Å². The van der Waals surface area contributed by atoms with Gasteiger partial charge in [0.05, 0.1) is 20.8 Å². The van der Waals surface area contributed by atoms with Crippen LogP contribution in [0, 0.1) is 0 Å². The molecule has 8 heteroatoms.